The maximum atomic E-state index is 12.2. The molecule has 6 heteroatoms. The Morgan fingerprint density at radius 1 is 1.29 bits per heavy atom. The van der Waals surface area contributed by atoms with Gasteiger partial charge >= 0.3 is 0 Å². The van der Waals surface area contributed by atoms with Crippen molar-refractivity contribution >= 4 is 39.8 Å². The first-order valence-corrected chi connectivity index (χ1v) is 6.70. The number of hydrogen-bond acceptors (Lipinski definition) is 3. The van der Waals surface area contributed by atoms with Crippen LogP contribution in [0.1, 0.15) is 10.4 Å². The van der Waals surface area contributed by atoms with Crippen LogP contribution in [-0.2, 0) is 7.05 Å². The molecule has 0 aliphatic heterocycles. The van der Waals surface area contributed by atoms with Crippen LogP contribution in [0.5, 0.6) is 0 Å². The number of nitrogens with one attached hydrogen (secondary N) is 1. The SMILES string of the molecule is Cn1ncc2ccc(NC(=O)c3ccc(Cl)c(N)c3)cc21. The number of nitrogen functional groups attached to an aromatic ring is 1. The normalized spacial score (nSPS) is 10.8. The molecule has 5 nitrogen and oxygen atoms in total. The van der Waals surface area contributed by atoms with Crippen LogP contribution in [0.15, 0.2) is 42.6 Å². The Balaban J connectivity index is 1.88. The van der Waals surface area contributed by atoms with Crippen molar-refractivity contribution in [2.24, 2.45) is 7.05 Å². The van der Waals surface area contributed by atoms with Crippen LogP contribution < -0.4 is 11.1 Å². The Labute approximate surface area is 126 Å². The number of carbonyl (C=O) groups is 1. The van der Waals surface area contributed by atoms with Gasteiger partial charge in [0.1, 0.15) is 0 Å². The van der Waals surface area contributed by atoms with E-state index in [4.69, 9.17) is 17.3 Å². The molecule has 21 heavy (non-hydrogen) atoms. The summed E-state index contributed by atoms with van der Waals surface area (Å²) in [6.45, 7) is 0. The molecule has 3 N–H and O–H groups in total. The second-order valence-electron chi connectivity index (χ2n) is 4.73. The van der Waals surface area contributed by atoms with Gasteiger partial charge in [0.2, 0.25) is 0 Å². The van der Waals surface area contributed by atoms with Crippen molar-refractivity contribution in [3.8, 4) is 0 Å². The van der Waals surface area contributed by atoms with Gasteiger partial charge in [-0.3, -0.25) is 9.48 Å². The van der Waals surface area contributed by atoms with Gasteiger partial charge in [-0.2, -0.15) is 5.10 Å². The molecule has 0 aliphatic carbocycles. The van der Waals surface area contributed by atoms with E-state index in [2.05, 4.69) is 10.4 Å². The number of benzene rings is 2. The molecule has 0 fully saturated rings. The summed E-state index contributed by atoms with van der Waals surface area (Å²) in [5.41, 5.74) is 8.20. The van der Waals surface area contributed by atoms with Crippen LogP contribution in [0.2, 0.25) is 5.02 Å². The van der Waals surface area contributed by atoms with Crippen LogP contribution in [0.4, 0.5) is 11.4 Å². The second-order valence-corrected chi connectivity index (χ2v) is 5.14. The van der Waals surface area contributed by atoms with Crippen molar-refractivity contribution < 1.29 is 4.79 Å². The van der Waals surface area contributed by atoms with Crippen molar-refractivity contribution in [1.82, 2.24) is 9.78 Å². The van der Waals surface area contributed by atoms with Crippen LogP contribution in [0.25, 0.3) is 10.9 Å². The summed E-state index contributed by atoms with van der Waals surface area (Å²) < 4.78 is 1.76. The molecule has 0 aliphatic rings. The van der Waals surface area contributed by atoms with Crippen molar-refractivity contribution in [2.45, 2.75) is 0 Å². The van der Waals surface area contributed by atoms with E-state index in [1.54, 1.807) is 29.1 Å². The highest BCUT2D eigenvalue weighted by Gasteiger charge is 2.09. The van der Waals surface area contributed by atoms with Crippen LogP contribution in [0, 0.1) is 0 Å². The second kappa shape index (κ2) is 5.10. The third-order valence-electron chi connectivity index (χ3n) is 3.27. The minimum Gasteiger partial charge on any atom is -0.398 e. The summed E-state index contributed by atoms with van der Waals surface area (Å²) in [5.74, 6) is -0.236. The minimum absolute atomic E-state index is 0.236. The number of aryl methyl sites for hydroxylation is 1. The molecule has 3 rings (SSSR count). The van der Waals surface area contributed by atoms with Gasteiger partial charge in [-0.15, -0.1) is 0 Å². The Morgan fingerprint density at radius 2 is 2.10 bits per heavy atom. The average molecular weight is 301 g/mol. The summed E-state index contributed by atoms with van der Waals surface area (Å²) in [5, 5.41) is 8.46. The van der Waals surface area contributed by atoms with E-state index in [-0.39, 0.29) is 5.91 Å². The lowest BCUT2D eigenvalue weighted by atomic mass is 10.1. The van der Waals surface area contributed by atoms with Gasteiger partial charge in [-0.05, 0) is 36.4 Å². The lowest BCUT2D eigenvalue weighted by Gasteiger charge is -2.07. The van der Waals surface area contributed by atoms with E-state index in [1.807, 2.05) is 25.2 Å². The topological polar surface area (TPSA) is 72.9 Å². The standard InChI is InChI=1S/C15H13ClN4O/c1-20-14-7-11(4-2-10(14)8-18-20)19-15(21)9-3-5-12(16)13(17)6-9/h2-8H,17H2,1H3,(H,19,21). The van der Waals surface area contributed by atoms with Gasteiger partial charge in [0.05, 0.1) is 22.4 Å². The first kappa shape index (κ1) is 13.5. The lowest BCUT2D eigenvalue weighted by Crippen LogP contribution is -2.12. The Hall–Kier alpha value is -2.53. The summed E-state index contributed by atoms with van der Waals surface area (Å²) in [6, 6.07) is 10.4. The Kier molecular flexibility index (Phi) is 3.27. The Morgan fingerprint density at radius 3 is 2.86 bits per heavy atom. The highest BCUT2D eigenvalue weighted by Crippen LogP contribution is 2.22. The van der Waals surface area contributed by atoms with E-state index < -0.39 is 0 Å². The molecule has 0 saturated carbocycles. The number of fused-ring (bicyclic) bond motifs is 1. The molecule has 0 unspecified atom stereocenters. The molecule has 3 aromatic rings. The van der Waals surface area contributed by atoms with Gasteiger partial charge in [0.15, 0.2) is 0 Å². The highest BCUT2D eigenvalue weighted by atomic mass is 35.5. The van der Waals surface area contributed by atoms with E-state index in [1.165, 1.54) is 0 Å². The maximum Gasteiger partial charge on any atom is 0.255 e. The molecular formula is C15H13ClN4O. The molecule has 0 atom stereocenters. The third-order valence-corrected chi connectivity index (χ3v) is 3.61. The van der Waals surface area contributed by atoms with Crippen molar-refractivity contribution in [2.75, 3.05) is 11.1 Å². The fourth-order valence-corrected chi connectivity index (χ4v) is 2.23. The van der Waals surface area contributed by atoms with Gasteiger partial charge in [0, 0.05) is 23.7 Å². The van der Waals surface area contributed by atoms with E-state index >= 15 is 0 Å². The minimum atomic E-state index is -0.236. The molecule has 0 saturated heterocycles. The van der Waals surface area contributed by atoms with Gasteiger partial charge in [-0.25, -0.2) is 0 Å². The fourth-order valence-electron chi connectivity index (χ4n) is 2.11. The number of aromatic nitrogens is 2. The van der Waals surface area contributed by atoms with Gasteiger partial charge < -0.3 is 11.1 Å². The predicted octanol–water partition coefficient (Wildman–Crippen LogP) is 3.06. The Bertz CT molecular complexity index is 841. The summed E-state index contributed by atoms with van der Waals surface area (Å²) >= 11 is 5.85. The molecule has 0 spiro atoms. The lowest BCUT2D eigenvalue weighted by molar-refractivity contribution is 0.102. The number of halogens is 1. The van der Waals surface area contributed by atoms with E-state index in [0.717, 1.165) is 10.9 Å². The molecular weight excluding hydrogens is 288 g/mol. The number of nitrogens with zero attached hydrogens (tertiary/aromatic N) is 2. The van der Waals surface area contributed by atoms with Crippen molar-refractivity contribution in [1.29, 1.82) is 0 Å². The molecule has 0 bridgehead atoms. The smallest absolute Gasteiger partial charge is 0.255 e. The summed E-state index contributed by atoms with van der Waals surface area (Å²) in [6.07, 6.45) is 1.78. The monoisotopic (exact) mass is 300 g/mol. The van der Waals surface area contributed by atoms with Crippen molar-refractivity contribution in [3.63, 3.8) is 0 Å². The maximum absolute atomic E-state index is 12.2. The first-order chi connectivity index (χ1) is 10.0. The van der Waals surface area contributed by atoms with Crippen LogP contribution in [0.3, 0.4) is 0 Å². The number of amides is 1. The van der Waals surface area contributed by atoms with Crippen molar-refractivity contribution in [3.05, 3.63) is 53.2 Å². The number of hydrogen-bond donors (Lipinski definition) is 2. The number of carbonyl (C=O) groups excluding carboxylic acids is 1. The summed E-state index contributed by atoms with van der Waals surface area (Å²) in [4.78, 5) is 12.2. The third kappa shape index (κ3) is 2.55. The van der Waals surface area contributed by atoms with Gasteiger partial charge in [0.25, 0.3) is 5.91 Å². The molecule has 0 radical (unpaired) electrons. The zero-order chi connectivity index (χ0) is 15.0. The summed E-state index contributed by atoms with van der Waals surface area (Å²) in [7, 11) is 1.85. The zero-order valence-corrected chi connectivity index (χ0v) is 12.1. The number of rotatable bonds is 2. The van der Waals surface area contributed by atoms with Gasteiger partial charge in [-0.1, -0.05) is 11.6 Å². The van der Waals surface area contributed by atoms with Crippen LogP contribution >= 0.6 is 11.6 Å². The average Bonchev–Trinajstić information content (AvgIpc) is 2.83. The zero-order valence-electron chi connectivity index (χ0n) is 11.3. The quantitative estimate of drug-likeness (QED) is 0.714. The molecule has 2 aromatic carbocycles. The molecule has 1 amide bonds. The van der Waals surface area contributed by atoms with E-state index in [0.29, 0.717) is 22.0 Å². The first-order valence-electron chi connectivity index (χ1n) is 6.33. The molecule has 106 valence electrons. The number of nitrogens with two attached hydrogens (primary N) is 1. The fraction of sp³-hybridized carbons (Fsp3) is 0.0667. The molecule has 1 heterocycles. The highest BCUT2D eigenvalue weighted by molar-refractivity contribution is 6.33. The van der Waals surface area contributed by atoms with Crippen LogP contribution in [-0.4, -0.2) is 15.7 Å². The molecule has 1 aromatic heterocycles. The predicted molar refractivity (Wildman–Crippen MR) is 84.5 cm³/mol. The largest absolute Gasteiger partial charge is 0.398 e. The number of anilines is 2. The van der Waals surface area contributed by atoms with E-state index in [9.17, 15) is 4.79 Å².